The molecule has 0 amide bonds. The van der Waals surface area contributed by atoms with Crippen molar-refractivity contribution in [3.63, 3.8) is 0 Å². The Morgan fingerprint density at radius 1 is 1.00 bits per heavy atom. The Balaban J connectivity index is 1.69. The van der Waals surface area contributed by atoms with Crippen molar-refractivity contribution in [3.05, 3.63) is 23.3 Å². The summed E-state index contributed by atoms with van der Waals surface area (Å²) in [6, 6.07) is 2.21. The summed E-state index contributed by atoms with van der Waals surface area (Å²) in [5.41, 5.74) is 0.604. The molecule has 4 nitrogen and oxygen atoms in total. The van der Waals surface area contributed by atoms with Gasteiger partial charge in [-0.15, -0.1) is 0 Å². The first kappa shape index (κ1) is 25.9. The first-order chi connectivity index (χ1) is 16.6. The van der Waals surface area contributed by atoms with E-state index in [2.05, 4.69) is 53.1 Å². The van der Waals surface area contributed by atoms with Crippen molar-refractivity contribution >= 4 is 11.6 Å². The average molecular weight is 491 g/mol. The van der Waals surface area contributed by atoms with Gasteiger partial charge in [0.15, 0.2) is 11.6 Å². The molecule has 7 atom stereocenters. The van der Waals surface area contributed by atoms with Crippen molar-refractivity contribution in [2.24, 2.45) is 50.2 Å². The number of nitriles is 1. The maximum atomic E-state index is 14.4. The van der Waals surface area contributed by atoms with Crippen LogP contribution in [-0.4, -0.2) is 25.2 Å². The van der Waals surface area contributed by atoms with Gasteiger partial charge in [-0.25, -0.2) is 0 Å². The lowest BCUT2D eigenvalue weighted by Crippen LogP contribution is -2.65. The number of hydrogen-bond donors (Lipinski definition) is 1. The molecule has 0 aromatic rings. The van der Waals surface area contributed by atoms with Crippen molar-refractivity contribution in [1.29, 1.82) is 5.26 Å². The monoisotopic (exact) mass is 490 g/mol. The van der Waals surface area contributed by atoms with Gasteiger partial charge in [-0.2, -0.15) is 5.26 Å². The van der Waals surface area contributed by atoms with Crippen molar-refractivity contribution < 1.29 is 9.59 Å². The lowest BCUT2D eigenvalue weighted by atomic mass is 9.34. The number of Topliss-reactive ketones (excluding diaryl/α,β-unsaturated/α-hetero) is 1. The van der Waals surface area contributed by atoms with Gasteiger partial charge in [-0.1, -0.05) is 60.1 Å². The molecule has 1 N–H and O–H groups in total. The van der Waals surface area contributed by atoms with E-state index in [1.165, 1.54) is 24.8 Å². The van der Waals surface area contributed by atoms with Crippen molar-refractivity contribution in [3.8, 4) is 6.07 Å². The number of hydrogen-bond acceptors (Lipinski definition) is 4. The van der Waals surface area contributed by atoms with Crippen LogP contribution in [0.25, 0.3) is 0 Å². The Labute approximate surface area is 218 Å². The smallest absolute Gasteiger partial charge is 0.178 e. The van der Waals surface area contributed by atoms with Gasteiger partial charge in [0.1, 0.15) is 6.07 Å². The minimum Gasteiger partial charge on any atom is -0.319 e. The number of carbonyl (C=O) groups excluding carboxylic acids is 2. The molecule has 0 saturated heterocycles. The fourth-order valence-electron chi connectivity index (χ4n) is 10.4. The Kier molecular flexibility index (Phi) is 5.51. The minimum atomic E-state index is -0.612. The van der Waals surface area contributed by atoms with Crippen molar-refractivity contribution in [1.82, 2.24) is 5.32 Å². The highest BCUT2D eigenvalue weighted by Gasteiger charge is 2.69. The molecule has 0 bridgehead atoms. The van der Waals surface area contributed by atoms with E-state index in [9.17, 15) is 14.9 Å². The average Bonchev–Trinajstić information content (AvgIpc) is 2.79. The van der Waals surface area contributed by atoms with Crippen molar-refractivity contribution in [2.45, 2.75) is 93.4 Å². The van der Waals surface area contributed by atoms with E-state index in [0.29, 0.717) is 11.7 Å². The van der Waals surface area contributed by atoms with Gasteiger partial charge >= 0.3 is 0 Å². The lowest BCUT2D eigenvalue weighted by molar-refractivity contribution is -0.170. The number of nitrogens with one attached hydrogen (secondary N) is 1. The maximum Gasteiger partial charge on any atom is 0.178 e. The second-order valence-electron chi connectivity index (χ2n) is 15.1. The van der Waals surface area contributed by atoms with Crippen LogP contribution in [0, 0.1) is 61.6 Å². The van der Waals surface area contributed by atoms with Crippen LogP contribution in [0.4, 0.5) is 0 Å². The van der Waals surface area contributed by atoms with Crippen LogP contribution >= 0.6 is 0 Å². The third-order valence-electron chi connectivity index (χ3n) is 12.6. The summed E-state index contributed by atoms with van der Waals surface area (Å²) in [5.74, 6) is 0.779. The number of allylic oxidation sites excluding steroid dienone is 4. The lowest BCUT2D eigenvalue weighted by Gasteiger charge is -2.69. The van der Waals surface area contributed by atoms with Gasteiger partial charge in [0.2, 0.25) is 0 Å². The molecule has 3 fully saturated rings. The largest absolute Gasteiger partial charge is 0.319 e. The van der Waals surface area contributed by atoms with E-state index < -0.39 is 10.8 Å². The molecule has 5 aliphatic rings. The Bertz CT molecular complexity index is 1120. The molecule has 0 aliphatic heterocycles. The zero-order valence-electron chi connectivity index (χ0n) is 23.8. The molecule has 4 heteroatoms. The van der Waals surface area contributed by atoms with Crippen LogP contribution in [0.5, 0.6) is 0 Å². The summed E-state index contributed by atoms with van der Waals surface area (Å²) in [4.78, 5) is 27.6. The van der Waals surface area contributed by atoms with Crippen LogP contribution in [0.2, 0.25) is 0 Å². The van der Waals surface area contributed by atoms with Crippen LogP contribution in [0.15, 0.2) is 23.3 Å². The molecular formula is C32H46N2O2. The molecule has 196 valence electrons. The fourth-order valence-corrected chi connectivity index (χ4v) is 10.4. The van der Waals surface area contributed by atoms with Gasteiger partial charge < -0.3 is 5.32 Å². The molecule has 3 saturated carbocycles. The Hall–Kier alpha value is -1.73. The summed E-state index contributed by atoms with van der Waals surface area (Å²) in [7, 11) is 2.06. The molecule has 0 heterocycles. The van der Waals surface area contributed by atoms with E-state index in [4.69, 9.17) is 0 Å². The SMILES string of the molecule is CNC[C@]12CCC(C)(C)C[C@H]1[C@H]1C(=O)C=C3[C@@]4(C)C=C(C#N)C(=O)C(C)(C)[C@@H]4CC[C@@]3(C)[C@]1(C)CC2. The van der Waals surface area contributed by atoms with Gasteiger partial charge in [-0.05, 0) is 91.6 Å². The maximum absolute atomic E-state index is 14.4. The topological polar surface area (TPSA) is 70.0 Å². The van der Waals surface area contributed by atoms with Crippen LogP contribution < -0.4 is 5.32 Å². The third kappa shape index (κ3) is 3.08. The van der Waals surface area contributed by atoms with Crippen molar-refractivity contribution in [2.75, 3.05) is 13.6 Å². The zero-order chi connectivity index (χ0) is 26.5. The van der Waals surface area contributed by atoms with E-state index in [-0.39, 0.29) is 44.9 Å². The predicted molar refractivity (Wildman–Crippen MR) is 143 cm³/mol. The van der Waals surface area contributed by atoms with Crippen LogP contribution in [0.3, 0.4) is 0 Å². The molecule has 5 aliphatic carbocycles. The Morgan fingerprint density at radius 3 is 2.31 bits per heavy atom. The predicted octanol–water partition coefficient (Wildman–Crippen LogP) is 6.43. The number of ketones is 2. The number of rotatable bonds is 2. The molecule has 0 unspecified atom stereocenters. The molecular weight excluding hydrogens is 444 g/mol. The molecule has 0 radical (unpaired) electrons. The van der Waals surface area contributed by atoms with Gasteiger partial charge in [0, 0.05) is 23.3 Å². The third-order valence-corrected chi connectivity index (χ3v) is 12.6. The molecule has 0 aromatic carbocycles. The summed E-state index contributed by atoms with van der Waals surface area (Å²) < 4.78 is 0. The standard InChI is InChI=1S/C32H46N2O2/c1-27(2)11-13-32(19-34-8)14-12-31(7)25(21(32)17-27)22(35)15-24-29(5)16-20(18-33)26(36)28(3,4)23(29)9-10-30(24,31)6/h15-16,21,23,25,34H,9-14,17,19H2,1-8H3/t21-,23-,25-,29-,30+,31+,32+/m0/s1. The highest BCUT2D eigenvalue weighted by atomic mass is 16.1. The summed E-state index contributed by atoms with van der Waals surface area (Å²) >= 11 is 0. The summed E-state index contributed by atoms with van der Waals surface area (Å²) in [6.07, 6.45) is 11.7. The Morgan fingerprint density at radius 2 is 1.67 bits per heavy atom. The second-order valence-corrected chi connectivity index (χ2v) is 15.1. The molecule has 0 spiro atoms. The second kappa shape index (κ2) is 7.66. The highest BCUT2D eigenvalue weighted by molar-refractivity contribution is 6.04. The number of fused-ring (bicyclic) bond motifs is 7. The molecule has 5 rings (SSSR count). The first-order valence-corrected chi connectivity index (χ1v) is 14.2. The van der Waals surface area contributed by atoms with E-state index >= 15 is 0 Å². The van der Waals surface area contributed by atoms with Gasteiger partial charge in [0.25, 0.3) is 0 Å². The summed E-state index contributed by atoms with van der Waals surface area (Å²) in [6.45, 7) is 16.8. The summed E-state index contributed by atoms with van der Waals surface area (Å²) in [5, 5.41) is 13.4. The van der Waals surface area contributed by atoms with Gasteiger partial charge in [-0.3, -0.25) is 9.59 Å². The quantitative estimate of drug-likeness (QED) is 0.484. The van der Waals surface area contributed by atoms with E-state index in [1.807, 2.05) is 26.0 Å². The highest BCUT2D eigenvalue weighted by Crippen LogP contribution is 2.74. The normalized spacial score (nSPS) is 46.8. The molecule has 36 heavy (non-hydrogen) atoms. The molecule has 0 aromatic heterocycles. The van der Waals surface area contributed by atoms with Crippen LogP contribution in [-0.2, 0) is 9.59 Å². The fraction of sp³-hybridized carbons (Fsp3) is 0.781. The van der Waals surface area contributed by atoms with Crippen LogP contribution in [0.1, 0.15) is 93.4 Å². The first-order valence-electron chi connectivity index (χ1n) is 14.2. The number of carbonyl (C=O) groups is 2. The minimum absolute atomic E-state index is 0.0331. The number of nitrogens with zero attached hydrogens (tertiary/aromatic N) is 1. The van der Waals surface area contributed by atoms with E-state index in [1.54, 1.807) is 0 Å². The zero-order valence-corrected chi connectivity index (χ0v) is 23.8. The van der Waals surface area contributed by atoms with Gasteiger partial charge in [0.05, 0.1) is 5.57 Å². The van der Waals surface area contributed by atoms with E-state index in [0.717, 1.165) is 32.2 Å².